The fourth-order valence-corrected chi connectivity index (χ4v) is 1.03. The van der Waals surface area contributed by atoms with Crippen LogP contribution in [0, 0.1) is 0 Å². The molecule has 0 nitrogen and oxygen atoms in total. The summed E-state index contributed by atoms with van der Waals surface area (Å²) in [5.74, 6) is 0. The van der Waals surface area contributed by atoms with Crippen LogP contribution in [0.1, 0.15) is 12.5 Å². The third kappa shape index (κ3) is 7.99. The van der Waals surface area contributed by atoms with E-state index >= 15 is 0 Å². The van der Waals surface area contributed by atoms with E-state index in [-0.39, 0.29) is 0 Å². The third-order valence-electron chi connectivity index (χ3n) is 1.72. The largest absolute Gasteiger partial charge is 0.0991 e. The van der Waals surface area contributed by atoms with Crippen LogP contribution in [0.5, 0.6) is 0 Å². The Bertz CT molecular complexity index is 339. The molecule has 0 N–H and O–H groups in total. The Kier molecular flexibility index (Phi) is 9.30. The van der Waals surface area contributed by atoms with Crippen molar-refractivity contribution in [3.63, 3.8) is 0 Å². The van der Waals surface area contributed by atoms with Gasteiger partial charge in [-0.05, 0) is 12.5 Å². The highest BCUT2D eigenvalue weighted by Gasteiger charge is 1.82. The average molecular weight is 203 g/mol. The van der Waals surface area contributed by atoms with E-state index in [1.807, 2.05) is 24.3 Å². The van der Waals surface area contributed by atoms with Gasteiger partial charge in [0.1, 0.15) is 0 Å². The smallest absolute Gasteiger partial charge is 0 e. The molecule has 0 unspecified atom stereocenters. The first-order valence-corrected chi connectivity index (χ1v) is 5.02. The Morgan fingerprint density at radius 1 is 1.25 bits per heavy atom. The molecule has 0 atom stereocenters. The molecule has 0 saturated carbocycles. The Hall–Kier alpha value is -1.37. The number of rotatable bonds is 3. The topological polar surface area (TPSA) is 0 Å². The van der Waals surface area contributed by atoms with Gasteiger partial charge in [-0.25, -0.2) is 0 Å². The third-order valence-corrected chi connectivity index (χ3v) is 1.72. The van der Waals surface area contributed by atoms with Crippen LogP contribution in [-0.4, -0.2) is 22.5 Å². The minimum absolute atomic E-state index is 1.00. The zero-order chi connectivity index (χ0) is 12.2. The average Bonchev–Trinajstić information content (AvgIpc) is 2.29. The summed E-state index contributed by atoms with van der Waals surface area (Å²) in [7, 11) is 10.0. The molecule has 0 aliphatic rings. The van der Waals surface area contributed by atoms with Crippen molar-refractivity contribution in [2.24, 2.45) is 0 Å². The Balaban J connectivity index is 0.000000673. The predicted octanol–water partition coefficient (Wildman–Crippen LogP) is 2.69. The van der Waals surface area contributed by atoms with Gasteiger partial charge in [-0.1, -0.05) is 66.8 Å². The van der Waals surface area contributed by atoms with Crippen molar-refractivity contribution in [3.05, 3.63) is 66.3 Å². The van der Waals surface area contributed by atoms with Gasteiger partial charge in [-0.2, -0.15) is 0 Å². The molecule has 1 aromatic rings. The van der Waals surface area contributed by atoms with Gasteiger partial charge in [0.05, 0.1) is 0 Å². The summed E-state index contributed by atoms with van der Waals surface area (Å²) in [4.78, 5) is 0. The van der Waals surface area contributed by atoms with Gasteiger partial charge >= 0.3 is 0 Å². The maximum absolute atomic E-state index is 4.50. The summed E-state index contributed by atoms with van der Waals surface area (Å²) in [5, 5.41) is 0. The molecule has 0 bridgehead atoms. The van der Waals surface area contributed by atoms with Crippen LogP contribution in [0.4, 0.5) is 0 Å². The van der Waals surface area contributed by atoms with Gasteiger partial charge in [0.2, 0.25) is 0 Å². The molecule has 0 aromatic heterocycles. The van der Waals surface area contributed by atoms with E-state index < -0.39 is 0 Å². The van der Waals surface area contributed by atoms with Crippen LogP contribution in [0.2, 0.25) is 0 Å². The van der Waals surface area contributed by atoms with Crippen LogP contribution >= 0.6 is 0 Å². The molecule has 0 spiro atoms. The standard InChI is InChI=1S/C13H14.B3/c1-3-7-12(2)10-11-13-8-5-4-6-9-13;1-3-2/h3-11H,1H2,2H3;/b11-10+,12-7-;. The molecule has 0 aliphatic carbocycles. The molecule has 3 heteroatoms. The second kappa shape index (κ2) is 10.2. The van der Waals surface area contributed by atoms with Crippen LogP contribution < -0.4 is 0 Å². The van der Waals surface area contributed by atoms with Crippen LogP contribution in [0.25, 0.3) is 6.08 Å². The molecule has 0 aliphatic heterocycles. The Morgan fingerprint density at radius 2 is 1.81 bits per heavy atom. The van der Waals surface area contributed by atoms with Crippen molar-refractivity contribution in [1.82, 2.24) is 0 Å². The van der Waals surface area contributed by atoms with Crippen LogP contribution in [0.3, 0.4) is 0 Å². The van der Waals surface area contributed by atoms with E-state index in [2.05, 4.69) is 53.3 Å². The Labute approximate surface area is 102 Å². The number of allylic oxidation sites excluding steroid dienone is 4. The minimum atomic E-state index is 1.00. The van der Waals surface area contributed by atoms with Gasteiger partial charge in [0.15, 0.2) is 0 Å². The molecule has 1 aromatic carbocycles. The highest BCUT2D eigenvalue weighted by molar-refractivity contribution is 7.17. The second-order valence-corrected chi connectivity index (χ2v) is 3.08. The number of hydrogen-bond acceptors (Lipinski definition) is 0. The monoisotopic (exact) mass is 203 g/mol. The first kappa shape index (κ1) is 14.6. The van der Waals surface area contributed by atoms with Crippen molar-refractivity contribution < 1.29 is 0 Å². The van der Waals surface area contributed by atoms with Crippen LogP contribution in [0.15, 0.2) is 60.7 Å². The quantitative estimate of drug-likeness (QED) is 0.522. The van der Waals surface area contributed by atoms with Crippen molar-refractivity contribution in [3.8, 4) is 0 Å². The summed E-state index contributed by atoms with van der Waals surface area (Å²) in [6.45, 7) is 5.70. The molecule has 0 saturated heterocycles. The highest BCUT2D eigenvalue weighted by atomic mass is 13.9. The Morgan fingerprint density at radius 3 is 2.31 bits per heavy atom. The predicted molar refractivity (Wildman–Crippen MR) is 76.7 cm³/mol. The zero-order valence-corrected chi connectivity index (χ0v) is 9.64. The highest BCUT2D eigenvalue weighted by Crippen LogP contribution is 2.04. The van der Waals surface area contributed by atoms with E-state index in [0.717, 1.165) is 7.06 Å². The number of hydrogen-bond donors (Lipinski definition) is 0. The normalized spacial score (nSPS) is 10.4. The van der Waals surface area contributed by atoms with Crippen molar-refractivity contribution in [2.75, 3.05) is 0 Å². The molecule has 16 heavy (non-hydrogen) atoms. The van der Waals surface area contributed by atoms with Crippen LogP contribution in [-0.2, 0) is 0 Å². The van der Waals surface area contributed by atoms with E-state index in [9.17, 15) is 0 Å². The lowest BCUT2D eigenvalue weighted by atomic mass is 9.40. The fraction of sp³-hybridized carbons (Fsp3) is 0.0769. The molecule has 75 valence electrons. The summed E-state index contributed by atoms with van der Waals surface area (Å²) in [6, 6.07) is 10.2. The van der Waals surface area contributed by atoms with E-state index in [4.69, 9.17) is 0 Å². The van der Waals surface area contributed by atoms with E-state index in [1.54, 1.807) is 6.08 Å². The molecular weight excluding hydrogens is 189 g/mol. The SMILES string of the molecule is C=C/C=C(C)\C=C\c1ccccc1.[B][B][B]. The van der Waals surface area contributed by atoms with E-state index in [0.29, 0.717) is 0 Å². The molecular formula is C13H14B3. The fourth-order valence-electron chi connectivity index (χ4n) is 1.03. The first-order valence-electron chi connectivity index (χ1n) is 5.02. The summed E-state index contributed by atoms with van der Waals surface area (Å²) >= 11 is 0. The second-order valence-electron chi connectivity index (χ2n) is 3.08. The van der Waals surface area contributed by atoms with Gasteiger partial charge in [-0.3, -0.25) is 0 Å². The van der Waals surface area contributed by atoms with E-state index in [1.165, 1.54) is 11.1 Å². The van der Waals surface area contributed by atoms with Crippen molar-refractivity contribution in [2.45, 2.75) is 6.92 Å². The van der Waals surface area contributed by atoms with Crippen molar-refractivity contribution >= 4 is 28.6 Å². The molecule has 0 fully saturated rings. The molecule has 1 rings (SSSR count). The summed E-state index contributed by atoms with van der Waals surface area (Å²) in [5.41, 5.74) is 2.43. The summed E-state index contributed by atoms with van der Waals surface area (Å²) in [6.07, 6.45) is 7.95. The van der Waals surface area contributed by atoms with Gasteiger partial charge in [0.25, 0.3) is 0 Å². The molecule has 0 amide bonds. The van der Waals surface area contributed by atoms with Crippen molar-refractivity contribution in [1.29, 1.82) is 0 Å². The zero-order valence-electron chi connectivity index (χ0n) is 9.64. The molecule has 5 radical (unpaired) electrons. The molecule has 0 heterocycles. The lowest BCUT2D eigenvalue weighted by Gasteiger charge is -1.91. The minimum Gasteiger partial charge on any atom is -0.0991 e. The first-order chi connectivity index (χ1) is 7.74. The lowest BCUT2D eigenvalue weighted by Crippen LogP contribution is -1.79. The number of benzene rings is 1. The van der Waals surface area contributed by atoms with Gasteiger partial charge in [0, 0.05) is 22.5 Å². The van der Waals surface area contributed by atoms with Gasteiger partial charge in [-0.15, -0.1) is 0 Å². The maximum atomic E-state index is 4.50. The maximum Gasteiger partial charge on any atom is 0 e. The van der Waals surface area contributed by atoms with Gasteiger partial charge < -0.3 is 0 Å². The lowest BCUT2D eigenvalue weighted by molar-refractivity contribution is 1.53. The summed E-state index contributed by atoms with van der Waals surface area (Å²) < 4.78 is 0.